The van der Waals surface area contributed by atoms with Crippen molar-refractivity contribution in [2.24, 2.45) is 0 Å². The molecule has 3 aromatic rings. The van der Waals surface area contributed by atoms with Crippen LogP contribution in [0, 0.1) is 0 Å². The fourth-order valence-electron chi connectivity index (χ4n) is 2.54. The van der Waals surface area contributed by atoms with Crippen LogP contribution in [0.3, 0.4) is 0 Å². The topological polar surface area (TPSA) is 85.6 Å². The second-order valence-electron chi connectivity index (χ2n) is 6.23. The predicted molar refractivity (Wildman–Crippen MR) is 110 cm³/mol. The van der Waals surface area contributed by atoms with Crippen LogP contribution < -0.4 is 5.32 Å². The highest BCUT2D eigenvalue weighted by atomic mass is 35.5. The van der Waals surface area contributed by atoms with E-state index in [1.807, 2.05) is 6.07 Å². The lowest BCUT2D eigenvalue weighted by Gasteiger charge is -2.10. The Hall–Kier alpha value is -2.90. The van der Waals surface area contributed by atoms with E-state index in [1.54, 1.807) is 36.4 Å². The summed E-state index contributed by atoms with van der Waals surface area (Å²) in [5.74, 6) is -0.794. The van der Waals surface area contributed by atoms with Gasteiger partial charge in [-0.3, -0.25) is 9.59 Å². The second-order valence-corrected chi connectivity index (χ2v) is 7.81. The zero-order valence-corrected chi connectivity index (χ0v) is 17.3. The molecule has 1 unspecified atom stereocenters. The summed E-state index contributed by atoms with van der Waals surface area (Å²) in [4.78, 5) is 37.2. The van der Waals surface area contributed by atoms with E-state index in [4.69, 9.17) is 20.8 Å². The minimum Gasteiger partial charge on any atom is -0.449 e. The van der Waals surface area contributed by atoms with Crippen molar-refractivity contribution in [3.05, 3.63) is 69.1 Å². The van der Waals surface area contributed by atoms with Crippen LogP contribution in [0.1, 0.15) is 39.0 Å². The van der Waals surface area contributed by atoms with Gasteiger partial charge in [0.25, 0.3) is 0 Å². The summed E-state index contributed by atoms with van der Waals surface area (Å²) >= 11 is 7.38. The molecule has 0 aliphatic rings. The van der Waals surface area contributed by atoms with Gasteiger partial charge in [-0.25, -0.2) is 4.79 Å². The number of thiophene rings is 1. The number of Topliss-reactive ketones (excluding diaryl/α,β-unsaturated/α-hetero) is 1. The van der Waals surface area contributed by atoms with Crippen LogP contribution in [0.15, 0.2) is 52.9 Å². The molecular formula is C21H18ClNO5S. The van der Waals surface area contributed by atoms with Crippen molar-refractivity contribution in [2.45, 2.75) is 26.5 Å². The molecule has 1 amide bonds. The maximum atomic E-state index is 12.5. The summed E-state index contributed by atoms with van der Waals surface area (Å²) in [6.45, 7) is 3.27. The van der Waals surface area contributed by atoms with E-state index in [2.05, 4.69) is 5.32 Å². The van der Waals surface area contributed by atoms with Crippen molar-refractivity contribution in [3.63, 3.8) is 0 Å². The number of ether oxygens (including phenoxy) is 1. The number of benzene rings is 1. The molecule has 0 aliphatic heterocycles. The molecule has 8 heteroatoms. The van der Waals surface area contributed by atoms with Crippen LogP contribution in [0.4, 0.5) is 0 Å². The summed E-state index contributed by atoms with van der Waals surface area (Å²) in [5, 5.41) is 3.17. The Morgan fingerprint density at radius 1 is 1.14 bits per heavy atom. The minimum absolute atomic E-state index is 0.0166. The smallest absolute Gasteiger partial charge is 0.374 e. The van der Waals surface area contributed by atoms with Gasteiger partial charge in [0.2, 0.25) is 17.5 Å². The molecule has 0 spiro atoms. The molecule has 0 saturated heterocycles. The van der Waals surface area contributed by atoms with Gasteiger partial charge in [0.05, 0.1) is 16.4 Å². The first-order valence-electron chi connectivity index (χ1n) is 8.78. The molecule has 3 rings (SSSR count). The van der Waals surface area contributed by atoms with Crippen LogP contribution in [-0.4, -0.2) is 23.8 Å². The number of esters is 1. The van der Waals surface area contributed by atoms with E-state index < -0.39 is 12.1 Å². The average Bonchev–Trinajstić information content (AvgIpc) is 3.36. The molecule has 29 heavy (non-hydrogen) atoms. The molecule has 0 saturated carbocycles. The highest BCUT2D eigenvalue weighted by molar-refractivity contribution is 7.14. The SMILES string of the molecule is CC(=O)NCc1ccc(C(=O)C(C)OC(=O)c2ccc(-c3ccccc3Cl)o2)s1. The van der Waals surface area contributed by atoms with Crippen molar-refractivity contribution in [3.8, 4) is 11.3 Å². The minimum atomic E-state index is -0.983. The van der Waals surface area contributed by atoms with Crippen molar-refractivity contribution in [1.82, 2.24) is 5.32 Å². The van der Waals surface area contributed by atoms with Crippen LogP contribution in [0.5, 0.6) is 0 Å². The average molecular weight is 432 g/mol. The Morgan fingerprint density at radius 3 is 2.62 bits per heavy atom. The fourth-order valence-corrected chi connectivity index (χ4v) is 3.74. The van der Waals surface area contributed by atoms with Gasteiger partial charge in [-0.1, -0.05) is 23.7 Å². The standard InChI is InChI=1S/C21H18ClNO5S/c1-12(20(25)19-10-7-14(29-19)11-23-13(2)24)27-21(26)18-9-8-17(28-18)15-5-3-4-6-16(15)22/h3-10,12H,11H2,1-2H3,(H,23,24). The van der Waals surface area contributed by atoms with E-state index in [-0.39, 0.29) is 17.5 Å². The molecule has 0 radical (unpaired) electrons. The number of nitrogens with one attached hydrogen (secondary N) is 1. The Kier molecular flexibility index (Phi) is 6.51. The Bertz CT molecular complexity index is 1050. The summed E-state index contributed by atoms with van der Waals surface area (Å²) < 4.78 is 10.8. The summed E-state index contributed by atoms with van der Waals surface area (Å²) in [6, 6.07) is 13.6. The van der Waals surface area contributed by atoms with E-state index in [9.17, 15) is 14.4 Å². The number of furan rings is 1. The zero-order valence-electron chi connectivity index (χ0n) is 15.7. The van der Waals surface area contributed by atoms with Crippen LogP contribution in [0.25, 0.3) is 11.3 Å². The van der Waals surface area contributed by atoms with Gasteiger partial charge in [-0.15, -0.1) is 11.3 Å². The summed E-state index contributed by atoms with van der Waals surface area (Å²) in [5.41, 5.74) is 0.655. The lowest BCUT2D eigenvalue weighted by atomic mass is 10.2. The highest BCUT2D eigenvalue weighted by Crippen LogP contribution is 2.29. The third-order valence-corrected chi connectivity index (χ3v) is 5.44. The third-order valence-electron chi connectivity index (χ3n) is 4.02. The largest absolute Gasteiger partial charge is 0.449 e. The van der Waals surface area contributed by atoms with Gasteiger partial charge in [0, 0.05) is 17.4 Å². The van der Waals surface area contributed by atoms with E-state index in [1.165, 1.54) is 31.3 Å². The van der Waals surface area contributed by atoms with Crippen LogP contribution in [-0.2, 0) is 16.1 Å². The Morgan fingerprint density at radius 2 is 1.90 bits per heavy atom. The number of carbonyl (C=O) groups is 3. The van der Waals surface area contributed by atoms with Gasteiger partial charge in [-0.2, -0.15) is 0 Å². The monoisotopic (exact) mass is 431 g/mol. The van der Waals surface area contributed by atoms with E-state index in [0.717, 1.165) is 4.88 Å². The number of amides is 1. The van der Waals surface area contributed by atoms with Gasteiger partial charge in [-0.05, 0) is 43.3 Å². The molecular weight excluding hydrogens is 414 g/mol. The first-order valence-corrected chi connectivity index (χ1v) is 9.97. The highest BCUT2D eigenvalue weighted by Gasteiger charge is 2.24. The van der Waals surface area contributed by atoms with Crippen molar-refractivity contribution < 1.29 is 23.5 Å². The number of hydrogen-bond donors (Lipinski definition) is 1. The lowest BCUT2D eigenvalue weighted by Crippen LogP contribution is -2.23. The normalized spacial score (nSPS) is 11.7. The summed E-state index contributed by atoms with van der Waals surface area (Å²) in [6.07, 6.45) is -0.983. The molecule has 1 N–H and O–H groups in total. The third kappa shape index (κ3) is 5.13. The molecule has 2 aromatic heterocycles. The zero-order chi connectivity index (χ0) is 21.0. The first-order chi connectivity index (χ1) is 13.8. The van der Waals surface area contributed by atoms with E-state index in [0.29, 0.717) is 27.8 Å². The number of halogens is 1. The molecule has 1 aromatic carbocycles. The van der Waals surface area contributed by atoms with Crippen molar-refractivity contribution in [1.29, 1.82) is 0 Å². The predicted octanol–water partition coefficient (Wildman–Crippen LogP) is 4.73. The second kappa shape index (κ2) is 9.07. The Balaban J connectivity index is 1.64. The quantitative estimate of drug-likeness (QED) is 0.432. The fraction of sp³-hybridized carbons (Fsp3) is 0.190. The molecule has 6 nitrogen and oxygen atoms in total. The van der Waals surface area contributed by atoms with Crippen molar-refractivity contribution >= 4 is 40.6 Å². The number of ketones is 1. The number of carbonyl (C=O) groups excluding carboxylic acids is 3. The molecule has 2 heterocycles. The number of rotatable bonds is 7. The van der Waals surface area contributed by atoms with Gasteiger partial charge < -0.3 is 14.5 Å². The number of hydrogen-bond acceptors (Lipinski definition) is 6. The van der Waals surface area contributed by atoms with Gasteiger partial charge >= 0.3 is 5.97 Å². The van der Waals surface area contributed by atoms with Gasteiger partial charge in [0.1, 0.15) is 5.76 Å². The molecule has 0 fully saturated rings. The van der Waals surface area contributed by atoms with Crippen LogP contribution >= 0.6 is 22.9 Å². The maximum absolute atomic E-state index is 12.5. The summed E-state index contributed by atoms with van der Waals surface area (Å²) in [7, 11) is 0. The maximum Gasteiger partial charge on any atom is 0.374 e. The van der Waals surface area contributed by atoms with E-state index >= 15 is 0 Å². The van der Waals surface area contributed by atoms with Crippen molar-refractivity contribution in [2.75, 3.05) is 0 Å². The molecule has 0 aliphatic carbocycles. The molecule has 1 atom stereocenters. The van der Waals surface area contributed by atoms with Crippen LogP contribution in [0.2, 0.25) is 5.02 Å². The lowest BCUT2D eigenvalue weighted by molar-refractivity contribution is -0.119. The Labute approximate surface area is 176 Å². The molecule has 0 bridgehead atoms. The first kappa shape index (κ1) is 20.8. The molecule has 150 valence electrons. The van der Waals surface area contributed by atoms with Gasteiger partial charge in [0.15, 0.2) is 6.10 Å².